The summed E-state index contributed by atoms with van der Waals surface area (Å²) in [4.78, 5) is 18.6. The number of likely N-dealkylation sites (tertiary alicyclic amines) is 1. The normalized spacial score (nSPS) is 33.3. The molecule has 1 saturated heterocycles. The molecule has 0 aromatic rings. The van der Waals surface area contributed by atoms with Crippen LogP contribution in [0.4, 0.5) is 0 Å². The van der Waals surface area contributed by atoms with E-state index in [9.17, 15) is 4.79 Å². The minimum absolute atomic E-state index is 0. The summed E-state index contributed by atoms with van der Waals surface area (Å²) in [6.07, 6.45) is 5.23. The Morgan fingerprint density at radius 2 is 2.08 bits per heavy atom. The Balaban J connectivity index is 0.00000225. The number of hydrogen-bond donors (Lipinski definition) is 1. The van der Waals surface area contributed by atoms with E-state index in [1.54, 1.807) is 0 Å². The van der Waals surface area contributed by atoms with Crippen LogP contribution in [0.5, 0.6) is 0 Å². The van der Waals surface area contributed by atoms with Crippen molar-refractivity contribution in [3.63, 3.8) is 0 Å². The summed E-state index contributed by atoms with van der Waals surface area (Å²) < 4.78 is 10.9. The molecule has 1 heterocycles. The zero-order valence-electron chi connectivity index (χ0n) is 15.8. The fourth-order valence-corrected chi connectivity index (χ4v) is 4.69. The Kier molecular flexibility index (Phi) is 6.98. The first-order valence-electron chi connectivity index (χ1n) is 9.23. The summed E-state index contributed by atoms with van der Waals surface area (Å²) in [5.74, 6) is 1.02. The molecule has 0 bridgehead atoms. The predicted octanol–water partition coefficient (Wildman–Crippen LogP) is 2.27. The molecule has 1 N–H and O–H groups in total. The standard InChI is InChI=1S/C18H31N3O3.HI/c1-5-24-15-9-14(18(15)7-6-8-18)20-17(19-3)21-10-12(2)13(11-21)16(22)23-4;/h12-15H,5-11H2,1-4H3,(H,19,20);1H. The van der Waals surface area contributed by atoms with Gasteiger partial charge >= 0.3 is 5.97 Å². The van der Waals surface area contributed by atoms with Gasteiger partial charge in [0.1, 0.15) is 0 Å². The van der Waals surface area contributed by atoms with Crippen molar-refractivity contribution >= 4 is 35.9 Å². The SMILES string of the molecule is CCOC1CC(NC(=NC)N2CC(C)C(C(=O)OC)C2)C12CCC2.I. The lowest BCUT2D eigenvalue weighted by molar-refractivity contribution is -0.168. The highest BCUT2D eigenvalue weighted by atomic mass is 127. The van der Waals surface area contributed by atoms with E-state index < -0.39 is 0 Å². The van der Waals surface area contributed by atoms with Crippen LogP contribution < -0.4 is 5.32 Å². The predicted molar refractivity (Wildman–Crippen MR) is 108 cm³/mol. The molecule has 2 saturated carbocycles. The number of nitrogens with zero attached hydrogens (tertiary/aromatic N) is 2. The number of esters is 1. The number of halogens is 1. The van der Waals surface area contributed by atoms with Crippen LogP contribution in [0.25, 0.3) is 0 Å². The summed E-state index contributed by atoms with van der Waals surface area (Å²) in [6.45, 7) is 6.50. The third-order valence-electron chi connectivity index (χ3n) is 6.37. The number of ether oxygens (including phenoxy) is 2. The number of hydrogen-bond acceptors (Lipinski definition) is 4. The molecule has 6 nitrogen and oxygen atoms in total. The molecule has 2 aliphatic carbocycles. The average molecular weight is 465 g/mol. The molecule has 0 aromatic carbocycles. The van der Waals surface area contributed by atoms with Gasteiger partial charge in [0, 0.05) is 38.2 Å². The van der Waals surface area contributed by atoms with Gasteiger partial charge in [0.2, 0.25) is 0 Å². The van der Waals surface area contributed by atoms with Crippen LogP contribution in [0.1, 0.15) is 39.5 Å². The number of aliphatic imine (C=N–C) groups is 1. The Morgan fingerprint density at radius 1 is 1.36 bits per heavy atom. The van der Waals surface area contributed by atoms with Gasteiger partial charge in [0.25, 0.3) is 0 Å². The third kappa shape index (κ3) is 3.63. The number of methoxy groups -OCH3 is 1. The molecule has 7 heteroatoms. The molecular weight excluding hydrogens is 433 g/mol. The summed E-state index contributed by atoms with van der Waals surface area (Å²) in [6, 6.07) is 0.439. The Labute approximate surface area is 168 Å². The van der Waals surface area contributed by atoms with E-state index in [0.29, 0.717) is 24.1 Å². The summed E-state index contributed by atoms with van der Waals surface area (Å²) in [5.41, 5.74) is 0.305. The van der Waals surface area contributed by atoms with Gasteiger partial charge in [0.05, 0.1) is 19.1 Å². The van der Waals surface area contributed by atoms with Crippen molar-refractivity contribution in [3.05, 3.63) is 0 Å². The molecule has 1 spiro atoms. The van der Waals surface area contributed by atoms with Crippen LogP contribution in [0.15, 0.2) is 4.99 Å². The molecule has 4 unspecified atom stereocenters. The zero-order valence-corrected chi connectivity index (χ0v) is 18.1. The average Bonchev–Trinajstić information content (AvgIpc) is 2.89. The first-order valence-corrected chi connectivity index (χ1v) is 9.23. The van der Waals surface area contributed by atoms with Crippen LogP contribution >= 0.6 is 24.0 Å². The van der Waals surface area contributed by atoms with E-state index in [-0.39, 0.29) is 41.8 Å². The fraction of sp³-hybridized carbons (Fsp3) is 0.889. The van der Waals surface area contributed by atoms with E-state index in [1.807, 2.05) is 7.05 Å². The molecule has 4 atom stereocenters. The van der Waals surface area contributed by atoms with Crippen molar-refractivity contribution in [2.45, 2.75) is 51.7 Å². The number of guanidine groups is 1. The van der Waals surface area contributed by atoms with E-state index in [1.165, 1.54) is 26.4 Å². The lowest BCUT2D eigenvalue weighted by Crippen LogP contribution is -2.68. The van der Waals surface area contributed by atoms with E-state index in [2.05, 4.69) is 29.1 Å². The lowest BCUT2D eigenvalue weighted by Gasteiger charge is -2.61. The first-order chi connectivity index (χ1) is 11.6. The maximum absolute atomic E-state index is 11.9. The molecule has 3 aliphatic rings. The first kappa shape index (κ1) is 20.7. The van der Waals surface area contributed by atoms with Crippen molar-refractivity contribution in [2.24, 2.45) is 22.2 Å². The Morgan fingerprint density at radius 3 is 2.60 bits per heavy atom. The monoisotopic (exact) mass is 465 g/mol. The number of carbonyl (C=O) groups is 1. The van der Waals surface area contributed by atoms with Crippen molar-refractivity contribution in [2.75, 3.05) is 33.9 Å². The van der Waals surface area contributed by atoms with E-state index in [0.717, 1.165) is 25.5 Å². The minimum atomic E-state index is -0.115. The summed E-state index contributed by atoms with van der Waals surface area (Å²) in [7, 11) is 3.29. The molecule has 0 radical (unpaired) electrons. The van der Waals surface area contributed by atoms with E-state index in [4.69, 9.17) is 9.47 Å². The summed E-state index contributed by atoms with van der Waals surface area (Å²) in [5, 5.41) is 3.67. The quantitative estimate of drug-likeness (QED) is 0.299. The van der Waals surface area contributed by atoms with Crippen molar-refractivity contribution in [1.82, 2.24) is 10.2 Å². The van der Waals surface area contributed by atoms with Crippen LogP contribution in [-0.2, 0) is 14.3 Å². The van der Waals surface area contributed by atoms with Crippen LogP contribution in [0.2, 0.25) is 0 Å². The molecule has 3 rings (SSSR count). The van der Waals surface area contributed by atoms with Gasteiger partial charge in [-0.25, -0.2) is 0 Å². The molecule has 1 aliphatic heterocycles. The second-order valence-corrected chi connectivity index (χ2v) is 7.52. The number of rotatable bonds is 4. The van der Waals surface area contributed by atoms with Gasteiger partial charge in [-0.3, -0.25) is 9.79 Å². The highest BCUT2D eigenvalue weighted by molar-refractivity contribution is 14.0. The Hall–Kier alpha value is -0.570. The maximum atomic E-state index is 11.9. The lowest BCUT2D eigenvalue weighted by atomic mass is 9.51. The third-order valence-corrected chi connectivity index (χ3v) is 6.37. The van der Waals surface area contributed by atoms with Gasteiger partial charge in [-0.2, -0.15) is 0 Å². The molecule has 3 fully saturated rings. The molecule has 0 amide bonds. The van der Waals surface area contributed by atoms with Crippen molar-refractivity contribution in [1.29, 1.82) is 0 Å². The number of carbonyl (C=O) groups excluding carboxylic acids is 1. The Bertz CT molecular complexity index is 510. The van der Waals surface area contributed by atoms with Crippen molar-refractivity contribution < 1.29 is 14.3 Å². The topological polar surface area (TPSA) is 63.2 Å². The number of nitrogens with one attached hydrogen (secondary N) is 1. The highest BCUT2D eigenvalue weighted by Gasteiger charge is 2.59. The smallest absolute Gasteiger partial charge is 0.310 e. The highest BCUT2D eigenvalue weighted by Crippen LogP contribution is 2.57. The van der Waals surface area contributed by atoms with Crippen molar-refractivity contribution in [3.8, 4) is 0 Å². The van der Waals surface area contributed by atoms with Gasteiger partial charge in [0.15, 0.2) is 5.96 Å². The zero-order chi connectivity index (χ0) is 17.3. The van der Waals surface area contributed by atoms with E-state index >= 15 is 0 Å². The second-order valence-electron chi connectivity index (χ2n) is 7.52. The summed E-state index contributed by atoms with van der Waals surface area (Å²) >= 11 is 0. The molecule has 144 valence electrons. The van der Waals surface area contributed by atoms with Gasteiger partial charge in [-0.1, -0.05) is 13.3 Å². The minimum Gasteiger partial charge on any atom is -0.469 e. The largest absolute Gasteiger partial charge is 0.469 e. The second kappa shape index (κ2) is 8.41. The molecule has 25 heavy (non-hydrogen) atoms. The van der Waals surface area contributed by atoms with Crippen LogP contribution in [0.3, 0.4) is 0 Å². The molecule has 0 aromatic heterocycles. The van der Waals surface area contributed by atoms with Crippen LogP contribution in [-0.4, -0.2) is 62.8 Å². The van der Waals surface area contributed by atoms with Crippen LogP contribution in [0, 0.1) is 17.3 Å². The maximum Gasteiger partial charge on any atom is 0.310 e. The fourth-order valence-electron chi connectivity index (χ4n) is 4.69. The van der Waals surface area contributed by atoms with Gasteiger partial charge < -0.3 is 19.7 Å². The van der Waals surface area contributed by atoms with Gasteiger partial charge in [-0.15, -0.1) is 24.0 Å². The molecular formula is C18H32IN3O3. The van der Waals surface area contributed by atoms with Gasteiger partial charge in [-0.05, 0) is 32.1 Å².